The molecule has 0 bridgehead atoms. The highest BCUT2D eigenvalue weighted by atomic mass is 15.3. The van der Waals surface area contributed by atoms with Gasteiger partial charge in [0.1, 0.15) is 12.1 Å². The fourth-order valence-electron chi connectivity index (χ4n) is 5.25. The standard InChI is InChI=1S/C30H29N5/c1-22-10-9-15-26(18-22)34-17-16-33(19-23(34)2)29-28-27(24-11-5-3-6-12-24)20-35(30(28)32-21-31-29)25-13-7-4-8-14-25/h3-15,18,20-21,23H,16-17,19H2,1-2H3/t23-/m0/s1. The number of hydrogen-bond donors (Lipinski definition) is 0. The lowest BCUT2D eigenvalue weighted by Gasteiger charge is -2.42. The maximum Gasteiger partial charge on any atom is 0.150 e. The number of anilines is 2. The fraction of sp³-hybridized carbons (Fsp3) is 0.200. The maximum atomic E-state index is 4.85. The Balaban J connectivity index is 1.44. The van der Waals surface area contributed by atoms with Crippen molar-refractivity contribution in [3.63, 3.8) is 0 Å². The van der Waals surface area contributed by atoms with Crippen LogP contribution in [0.2, 0.25) is 0 Å². The summed E-state index contributed by atoms with van der Waals surface area (Å²) < 4.78 is 2.19. The van der Waals surface area contributed by atoms with Crippen LogP contribution in [0.15, 0.2) is 97.5 Å². The van der Waals surface area contributed by atoms with Gasteiger partial charge in [0.25, 0.3) is 0 Å². The van der Waals surface area contributed by atoms with Gasteiger partial charge in [0.05, 0.1) is 5.39 Å². The van der Waals surface area contributed by atoms with Crippen LogP contribution in [0.4, 0.5) is 11.5 Å². The number of hydrogen-bond acceptors (Lipinski definition) is 4. The Kier molecular flexibility index (Phi) is 5.45. The molecule has 1 aliphatic rings. The molecule has 3 heterocycles. The summed E-state index contributed by atoms with van der Waals surface area (Å²) in [5.74, 6) is 1.01. The topological polar surface area (TPSA) is 37.2 Å². The number of benzene rings is 3. The number of aromatic nitrogens is 3. The lowest BCUT2D eigenvalue weighted by atomic mass is 10.1. The third kappa shape index (κ3) is 3.93. The first-order chi connectivity index (χ1) is 17.2. The predicted octanol–water partition coefficient (Wildman–Crippen LogP) is 6.11. The highest BCUT2D eigenvalue weighted by Gasteiger charge is 2.28. The summed E-state index contributed by atoms with van der Waals surface area (Å²) in [7, 11) is 0. The molecule has 0 unspecified atom stereocenters. The number of aryl methyl sites for hydroxylation is 1. The summed E-state index contributed by atoms with van der Waals surface area (Å²) in [6.07, 6.45) is 3.92. The first-order valence-electron chi connectivity index (χ1n) is 12.2. The maximum absolute atomic E-state index is 4.85. The number of para-hydroxylation sites is 1. The molecule has 0 amide bonds. The van der Waals surface area contributed by atoms with Crippen molar-refractivity contribution >= 4 is 22.5 Å². The Morgan fingerprint density at radius 2 is 1.54 bits per heavy atom. The van der Waals surface area contributed by atoms with E-state index in [0.717, 1.165) is 47.7 Å². The zero-order valence-corrected chi connectivity index (χ0v) is 20.2. The van der Waals surface area contributed by atoms with Crippen molar-refractivity contribution in [2.24, 2.45) is 0 Å². The third-order valence-electron chi connectivity index (χ3n) is 6.94. The summed E-state index contributed by atoms with van der Waals surface area (Å²) >= 11 is 0. The molecular formula is C30H29N5. The van der Waals surface area contributed by atoms with Crippen molar-refractivity contribution in [2.45, 2.75) is 19.9 Å². The average Bonchev–Trinajstić information content (AvgIpc) is 3.30. The van der Waals surface area contributed by atoms with Crippen LogP contribution in [-0.2, 0) is 0 Å². The quantitative estimate of drug-likeness (QED) is 0.325. The van der Waals surface area contributed by atoms with Crippen LogP contribution in [-0.4, -0.2) is 40.2 Å². The van der Waals surface area contributed by atoms with E-state index in [1.807, 2.05) is 6.07 Å². The van der Waals surface area contributed by atoms with E-state index in [2.05, 4.69) is 113 Å². The van der Waals surface area contributed by atoms with Gasteiger partial charge in [-0.3, -0.25) is 0 Å². The van der Waals surface area contributed by atoms with Gasteiger partial charge in [0, 0.05) is 48.8 Å². The van der Waals surface area contributed by atoms with Crippen molar-refractivity contribution < 1.29 is 0 Å². The van der Waals surface area contributed by atoms with Crippen LogP contribution < -0.4 is 9.80 Å². The minimum Gasteiger partial charge on any atom is -0.365 e. The van der Waals surface area contributed by atoms with Gasteiger partial charge in [-0.15, -0.1) is 0 Å². The molecule has 3 aromatic carbocycles. The van der Waals surface area contributed by atoms with Crippen molar-refractivity contribution in [2.75, 3.05) is 29.4 Å². The lowest BCUT2D eigenvalue weighted by molar-refractivity contribution is 0.548. The molecule has 0 saturated carbocycles. The van der Waals surface area contributed by atoms with Gasteiger partial charge in [-0.1, -0.05) is 60.7 Å². The lowest BCUT2D eigenvalue weighted by Crippen LogP contribution is -2.52. The van der Waals surface area contributed by atoms with Crippen molar-refractivity contribution in [3.05, 3.63) is 103 Å². The van der Waals surface area contributed by atoms with Crippen LogP contribution in [0.25, 0.3) is 27.8 Å². The number of rotatable bonds is 4. The number of fused-ring (bicyclic) bond motifs is 1. The smallest absolute Gasteiger partial charge is 0.150 e. The molecular weight excluding hydrogens is 430 g/mol. The van der Waals surface area contributed by atoms with Crippen LogP contribution in [0, 0.1) is 6.92 Å². The third-order valence-corrected chi connectivity index (χ3v) is 6.94. The number of nitrogens with zero attached hydrogens (tertiary/aromatic N) is 5. The molecule has 0 spiro atoms. The van der Waals surface area contributed by atoms with Gasteiger partial charge in [-0.05, 0) is 49.2 Å². The molecule has 1 fully saturated rings. The molecule has 1 atom stereocenters. The van der Waals surface area contributed by atoms with E-state index in [0.29, 0.717) is 6.04 Å². The van der Waals surface area contributed by atoms with Gasteiger partial charge in [0.2, 0.25) is 0 Å². The molecule has 1 saturated heterocycles. The molecule has 0 radical (unpaired) electrons. The fourth-order valence-corrected chi connectivity index (χ4v) is 5.25. The Morgan fingerprint density at radius 1 is 0.800 bits per heavy atom. The molecule has 0 N–H and O–H groups in total. The first kappa shape index (κ1) is 21.4. The second kappa shape index (κ2) is 8.91. The van der Waals surface area contributed by atoms with E-state index in [1.54, 1.807) is 6.33 Å². The molecule has 5 aromatic rings. The monoisotopic (exact) mass is 459 g/mol. The molecule has 35 heavy (non-hydrogen) atoms. The van der Waals surface area contributed by atoms with E-state index >= 15 is 0 Å². The van der Waals surface area contributed by atoms with Crippen LogP contribution in [0.1, 0.15) is 12.5 Å². The molecule has 5 nitrogen and oxygen atoms in total. The normalized spacial score (nSPS) is 16.1. The molecule has 174 valence electrons. The second-order valence-electron chi connectivity index (χ2n) is 9.34. The van der Waals surface area contributed by atoms with Crippen molar-refractivity contribution in [1.29, 1.82) is 0 Å². The zero-order valence-electron chi connectivity index (χ0n) is 20.2. The largest absolute Gasteiger partial charge is 0.365 e. The molecule has 1 aliphatic heterocycles. The highest BCUT2D eigenvalue weighted by Crippen LogP contribution is 2.37. The highest BCUT2D eigenvalue weighted by molar-refractivity contribution is 6.02. The Morgan fingerprint density at radius 3 is 2.29 bits per heavy atom. The van der Waals surface area contributed by atoms with Crippen LogP contribution in [0.5, 0.6) is 0 Å². The minimum atomic E-state index is 0.368. The summed E-state index contributed by atoms with van der Waals surface area (Å²) in [5, 5.41) is 1.11. The molecule has 6 rings (SSSR count). The first-order valence-corrected chi connectivity index (χ1v) is 12.2. The van der Waals surface area contributed by atoms with Crippen LogP contribution >= 0.6 is 0 Å². The number of piperazine rings is 1. The van der Waals surface area contributed by atoms with E-state index in [4.69, 9.17) is 9.97 Å². The minimum absolute atomic E-state index is 0.368. The van der Waals surface area contributed by atoms with E-state index in [-0.39, 0.29) is 0 Å². The Labute approximate surface area is 206 Å². The van der Waals surface area contributed by atoms with E-state index < -0.39 is 0 Å². The summed E-state index contributed by atoms with van der Waals surface area (Å²) in [6, 6.07) is 30.2. The predicted molar refractivity (Wildman–Crippen MR) is 145 cm³/mol. The molecule has 2 aromatic heterocycles. The van der Waals surface area contributed by atoms with Crippen molar-refractivity contribution in [1.82, 2.24) is 14.5 Å². The second-order valence-corrected chi connectivity index (χ2v) is 9.34. The average molecular weight is 460 g/mol. The summed E-state index contributed by atoms with van der Waals surface area (Å²) in [4.78, 5) is 14.6. The molecule has 5 heteroatoms. The van der Waals surface area contributed by atoms with E-state index in [1.165, 1.54) is 16.8 Å². The zero-order chi connectivity index (χ0) is 23.8. The van der Waals surface area contributed by atoms with E-state index in [9.17, 15) is 0 Å². The molecule has 0 aliphatic carbocycles. The van der Waals surface area contributed by atoms with Crippen molar-refractivity contribution in [3.8, 4) is 16.8 Å². The SMILES string of the molecule is Cc1cccc(N2CCN(c3ncnc4c3c(-c3ccccc3)cn4-c3ccccc3)C[C@@H]2C)c1. The van der Waals surface area contributed by atoms with Gasteiger partial charge in [0.15, 0.2) is 5.65 Å². The van der Waals surface area contributed by atoms with Gasteiger partial charge >= 0.3 is 0 Å². The Bertz CT molecular complexity index is 1460. The summed E-state index contributed by atoms with van der Waals surface area (Å²) in [6.45, 7) is 7.24. The van der Waals surface area contributed by atoms with Gasteiger partial charge in [-0.25, -0.2) is 9.97 Å². The van der Waals surface area contributed by atoms with Gasteiger partial charge in [-0.2, -0.15) is 0 Å². The van der Waals surface area contributed by atoms with Gasteiger partial charge < -0.3 is 14.4 Å². The summed E-state index contributed by atoms with van der Waals surface area (Å²) in [5.41, 5.74) is 6.97. The van der Waals surface area contributed by atoms with Crippen LogP contribution in [0.3, 0.4) is 0 Å². The Hall–Kier alpha value is -4.12.